The van der Waals surface area contributed by atoms with E-state index in [1.54, 1.807) is 0 Å². The Kier molecular flexibility index (Phi) is 7.46. The Hall–Kier alpha value is -2.78. The molecule has 152 valence electrons. The normalized spacial score (nSPS) is 12.5. The molecule has 4 heteroatoms. The van der Waals surface area contributed by atoms with Crippen LogP contribution in [0.1, 0.15) is 11.1 Å². The van der Waals surface area contributed by atoms with Crippen LogP contribution in [0.4, 0.5) is 11.4 Å². The number of rotatable bonds is 4. The maximum absolute atomic E-state index is 2.21. The summed E-state index contributed by atoms with van der Waals surface area (Å²) in [5, 5.41) is 0. The van der Waals surface area contributed by atoms with E-state index in [9.17, 15) is 0 Å². The molecule has 0 heterocycles. The highest BCUT2D eigenvalue weighted by Crippen LogP contribution is 2.31. The molecule has 0 fully saturated rings. The Morgan fingerprint density at radius 1 is 0.621 bits per heavy atom. The maximum Gasteiger partial charge on any atom is 0.199 e. The maximum atomic E-state index is 2.21. The van der Waals surface area contributed by atoms with Gasteiger partial charge in [-0.15, -0.1) is 0 Å². The number of allylic oxidation sites excluding steroid dienone is 5. The van der Waals surface area contributed by atoms with Crippen LogP contribution in [-0.4, -0.2) is 52.6 Å². The number of nitrogens with zero attached hydrogens (tertiary/aromatic N) is 3. The fourth-order valence-electron chi connectivity index (χ4n) is 3.28. The lowest BCUT2D eigenvalue weighted by Crippen LogP contribution is -3.00. The topological polar surface area (TPSA) is 9.49 Å². The van der Waals surface area contributed by atoms with Gasteiger partial charge in [-0.1, -0.05) is 24.3 Å². The summed E-state index contributed by atoms with van der Waals surface area (Å²) in [4.78, 5) is 4.25. The molecule has 2 aromatic carbocycles. The third-order valence-corrected chi connectivity index (χ3v) is 5.02. The molecule has 0 atom stereocenters. The highest BCUT2D eigenvalue weighted by atomic mass is 35.5. The summed E-state index contributed by atoms with van der Waals surface area (Å²) in [6.07, 6.45) is 8.78. The average Bonchev–Trinajstić information content (AvgIpc) is 2.69. The number of hydrogen-bond acceptors (Lipinski definition) is 2. The third-order valence-electron chi connectivity index (χ3n) is 5.02. The van der Waals surface area contributed by atoms with Crippen LogP contribution in [0.25, 0.3) is 5.57 Å². The van der Waals surface area contributed by atoms with Crippen molar-refractivity contribution in [3.63, 3.8) is 0 Å². The van der Waals surface area contributed by atoms with Crippen LogP contribution >= 0.6 is 0 Å². The molecule has 0 bridgehead atoms. The molecule has 0 aliphatic heterocycles. The molecule has 3 rings (SSSR count). The quantitative estimate of drug-likeness (QED) is 0.557. The minimum absolute atomic E-state index is 0. The van der Waals surface area contributed by atoms with Gasteiger partial charge in [-0.2, -0.15) is 0 Å². The van der Waals surface area contributed by atoms with Gasteiger partial charge >= 0.3 is 0 Å². The molecule has 0 unspecified atom stereocenters. The predicted molar refractivity (Wildman–Crippen MR) is 123 cm³/mol. The first kappa shape index (κ1) is 22.5. The fourth-order valence-corrected chi connectivity index (χ4v) is 3.28. The van der Waals surface area contributed by atoms with E-state index in [0.29, 0.717) is 0 Å². The Balaban J connectivity index is 0.00000300. The smallest absolute Gasteiger partial charge is 0.199 e. The van der Waals surface area contributed by atoms with Crippen LogP contribution in [0.5, 0.6) is 0 Å². The van der Waals surface area contributed by atoms with Crippen molar-refractivity contribution in [1.29, 1.82) is 0 Å². The zero-order valence-electron chi connectivity index (χ0n) is 18.1. The molecule has 0 aromatic heterocycles. The largest absolute Gasteiger partial charge is 1.00 e. The lowest BCUT2D eigenvalue weighted by Gasteiger charge is -2.18. The van der Waals surface area contributed by atoms with E-state index in [1.807, 2.05) is 0 Å². The van der Waals surface area contributed by atoms with Crippen LogP contribution in [0.15, 0.2) is 78.4 Å². The van der Waals surface area contributed by atoms with Gasteiger partial charge in [-0.25, -0.2) is 4.58 Å². The Morgan fingerprint density at radius 3 is 1.31 bits per heavy atom. The number of hydrogen-bond donors (Lipinski definition) is 0. The molecule has 0 amide bonds. The van der Waals surface area contributed by atoms with Crippen LogP contribution < -0.4 is 22.2 Å². The molecule has 2 aromatic rings. The van der Waals surface area contributed by atoms with E-state index in [-0.39, 0.29) is 12.4 Å². The molecule has 1 aliphatic rings. The van der Waals surface area contributed by atoms with E-state index < -0.39 is 0 Å². The standard InChI is InChI=1S/C25H30N3.ClH/c1-26(2)22-13-7-19(8-14-22)25(20-9-15-23(16-10-20)27(3)4)21-11-17-24(18-12-21)28(5)6;/h7-18H,1-6H3;1H/q+1;/p-1/i26+1,27+1,28+1;. The molecule has 0 spiro atoms. The Bertz CT molecular complexity index is 885. The monoisotopic (exact) mass is 410 g/mol. The van der Waals surface area contributed by atoms with Crippen molar-refractivity contribution in [2.45, 2.75) is 0 Å². The molecule has 1 aliphatic carbocycles. The molecular weight excluding hydrogens is 381 g/mol. The predicted octanol–water partition coefficient (Wildman–Crippen LogP) is 1.46. The molecular formula is C25H30ClN3. The van der Waals surface area contributed by atoms with Gasteiger partial charge in [0, 0.05) is 51.7 Å². The zero-order chi connectivity index (χ0) is 20.3. The summed E-state index contributed by atoms with van der Waals surface area (Å²) >= 11 is 0. The van der Waals surface area contributed by atoms with Crippen molar-refractivity contribution in [3.8, 4) is 0 Å². The van der Waals surface area contributed by atoms with E-state index in [1.165, 1.54) is 39.4 Å². The van der Waals surface area contributed by atoms with Crippen molar-refractivity contribution in [3.05, 3.63) is 89.5 Å². The summed E-state index contributed by atoms with van der Waals surface area (Å²) in [6.45, 7) is 0. The summed E-state index contributed by atoms with van der Waals surface area (Å²) in [7, 11) is 12.4. The Morgan fingerprint density at radius 2 is 1.00 bits per heavy atom. The molecule has 0 N–H and O–H groups in total. The van der Waals surface area contributed by atoms with Gasteiger partial charge in [0.05, 0.1) is 0 Å². The van der Waals surface area contributed by atoms with Gasteiger partial charge in [0.1, 0.15) is 14.1 Å². The van der Waals surface area contributed by atoms with E-state index in [0.717, 1.165) is 0 Å². The summed E-state index contributed by atoms with van der Waals surface area (Å²) in [5.74, 6) is 0. The van der Waals surface area contributed by atoms with E-state index in [2.05, 4.69) is 129 Å². The third kappa shape index (κ3) is 5.18. The van der Waals surface area contributed by atoms with Crippen LogP contribution in [0.2, 0.25) is 0 Å². The minimum atomic E-state index is 0. The average molecular weight is 411 g/mol. The molecule has 29 heavy (non-hydrogen) atoms. The number of benzene rings is 2. The summed E-state index contributed by atoms with van der Waals surface area (Å²) in [6, 6.07) is 17.6. The Labute approximate surface area is 181 Å². The van der Waals surface area contributed by atoms with Crippen LogP contribution in [0, 0.1) is 0 Å². The van der Waals surface area contributed by atoms with Crippen molar-refractivity contribution in [2.75, 3.05) is 52.1 Å². The van der Waals surface area contributed by atoms with Crippen molar-refractivity contribution >= 4 is 22.7 Å². The fraction of sp³-hybridized carbons (Fsp3) is 0.240. The lowest BCUT2D eigenvalue weighted by atomic mass is 9.90. The van der Waals surface area contributed by atoms with E-state index >= 15 is 0 Å². The van der Waals surface area contributed by atoms with Gasteiger partial charge in [-0.3, -0.25) is 0 Å². The first-order valence-electron chi connectivity index (χ1n) is 9.57. The van der Waals surface area contributed by atoms with Crippen molar-refractivity contribution < 1.29 is 17.0 Å². The van der Waals surface area contributed by atoms with Gasteiger partial charge in [0.2, 0.25) is 0 Å². The molecule has 0 saturated heterocycles. The zero-order valence-corrected chi connectivity index (χ0v) is 18.9. The molecule has 3 nitrogen and oxygen atoms in total. The highest BCUT2D eigenvalue weighted by molar-refractivity contribution is 6.04. The van der Waals surface area contributed by atoms with Crippen LogP contribution in [0.3, 0.4) is 0 Å². The minimum Gasteiger partial charge on any atom is -1.00 e. The lowest BCUT2D eigenvalue weighted by molar-refractivity contribution is -0.462. The SMILES string of the molecule is C[15N](C)c1ccc(C(=C2C=CC(=[15N+](C)C)C=C2)c2ccc([15N](C)C)cc2)cc1.[Cl-]. The molecule has 0 radical (unpaired) electrons. The van der Waals surface area contributed by atoms with Gasteiger partial charge < -0.3 is 22.2 Å². The van der Waals surface area contributed by atoms with Crippen LogP contribution in [-0.2, 0) is 0 Å². The number of anilines is 2. The second-order valence-electron chi connectivity index (χ2n) is 7.70. The first-order valence-corrected chi connectivity index (χ1v) is 9.57. The number of halogens is 1. The van der Waals surface area contributed by atoms with Gasteiger partial charge in [-0.05, 0) is 58.7 Å². The highest BCUT2D eigenvalue weighted by Gasteiger charge is 2.13. The second-order valence-corrected chi connectivity index (χ2v) is 7.70. The first-order chi connectivity index (χ1) is 13.4. The van der Waals surface area contributed by atoms with Crippen molar-refractivity contribution in [2.24, 2.45) is 0 Å². The van der Waals surface area contributed by atoms with Gasteiger partial charge in [0.25, 0.3) is 0 Å². The van der Waals surface area contributed by atoms with E-state index in [4.69, 9.17) is 0 Å². The second kappa shape index (κ2) is 9.62. The van der Waals surface area contributed by atoms with Gasteiger partial charge in [0.15, 0.2) is 5.71 Å². The summed E-state index contributed by atoms with van der Waals surface area (Å²) in [5.41, 5.74) is 8.53. The molecule has 0 saturated carbocycles. The van der Waals surface area contributed by atoms with Crippen molar-refractivity contribution in [1.82, 2.24) is 0 Å². The summed E-state index contributed by atoms with van der Waals surface area (Å²) < 4.78 is 2.13.